The molecular weight excluding hydrogens is 342 g/mol. The first-order valence-electron chi connectivity index (χ1n) is 8.90. The van der Waals surface area contributed by atoms with Gasteiger partial charge in [0.05, 0.1) is 4.92 Å². The van der Waals surface area contributed by atoms with Gasteiger partial charge in [-0.15, -0.1) is 0 Å². The fourth-order valence-corrected chi connectivity index (χ4v) is 3.34. The van der Waals surface area contributed by atoms with Gasteiger partial charge in [-0.25, -0.2) is 0 Å². The summed E-state index contributed by atoms with van der Waals surface area (Å²) in [6.45, 7) is 8.18. The van der Waals surface area contributed by atoms with Crippen LogP contribution in [-0.2, 0) is 11.3 Å². The Labute approximate surface area is 158 Å². The van der Waals surface area contributed by atoms with E-state index in [1.54, 1.807) is 18.3 Å². The van der Waals surface area contributed by atoms with Crippen LogP contribution in [0.5, 0.6) is 0 Å². The molecule has 0 N–H and O–H groups in total. The van der Waals surface area contributed by atoms with Crippen LogP contribution < -0.4 is 4.90 Å². The van der Waals surface area contributed by atoms with Crippen molar-refractivity contribution in [3.05, 3.63) is 69.9 Å². The summed E-state index contributed by atoms with van der Waals surface area (Å²) in [4.78, 5) is 25.5. The SMILES string of the molecule is Cc1ccc(C)c(N(C(=O)Cn2ccc3cc([N+](=O)[O-])ccc32)C(C)C)c1. The highest BCUT2D eigenvalue weighted by atomic mass is 16.6. The summed E-state index contributed by atoms with van der Waals surface area (Å²) in [5.74, 6) is -0.0189. The summed E-state index contributed by atoms with van der Waals surface area (Å²) in [7, 11) is 0. The summed E-state index contributed by atoms with van der Waals surface area (Å²) in [5, 5.41) is 11.7. The molecule has 0 radical (unpaired) electrons. The van der Waals surface area contributed by atoms with Crippen LogP contribution in [0.4, 0.5) is 11.4 Å². The van der Waals surface area contributed by atoms with Crippen molar-refractivity contribution in [1.82, 2.24) is 4.57 Å². The Hall–Kier alpha value is -3.15. The predicted octanol–water partition coefficient (Wildman–Crippen LogP) is 4.61. The van der Waals surface area contributed by atoms with Gasteiger partial charge in [0, 0.05) is 41.0 Å². The zero-order chi connectivity index (χ0) is 19.7. The molecule has 0 spiro atoms. The van der Waals surface area contributed by atoms with Gasteiger partial charge in [-0.1, -0.05) is 12.1 Å². The van der Waals surface area contributed by atoms with Gasteiger partial charge in [0.1, 0.15) is 6.54 Å². The molecule has 0 saturated heterocycles. The Morgan fingerprint density at radius 2 is 1.89 bits per heavy atom. The highest BCUT2D eigenvalue weighted by molar-refractivity contribution is 5.95. The predicted molar refractivity (Wildman–Crippen MR) is 107 cm³/mol. The Kier molecular flexibility index (Phi) is 4.99. The summed E-state index contributed by atoms with van der Waals surface area (Å²) < 4.78 is 1.84. The number of carbonyl (C=O) groups is 1. The molecule has 1 aromatic heterocycles. The molecule has 0 unspecified atom stereocenters. The summed E-state index contributed by atoms with van der Waals surface area (Å²) >= 11 is 0. The Morgan fingerprint density at radius 3 is 2.56 bits per heavy atom. The molecule has 0 aliphatic heterocycles. The van der Waals surface area contributed by atoms with Gasteiger partial charge in [0.15, 0.2) is 0 Å². The fourth-order valence-electron chi connectivity index (χ4n) is 3.34. The molecule has 6 nitrogen and oxygen atoms in total. The maximum absolute atomic E-state index is 13.1. The molecule has 3 aromatic rings. The second-order valence-electron chi connectivity index (χ2n) is 7.09. The van der Waals surface area contributed by atoms with E-state index in [9.17, 15) is 14.9 Å². The van der Waals surface area contributed by atoms with E-state index in [2.05, 4.69) is 0 Å². The summed E-state index contributed by atoms with van der Waals surface area (Å²) in [6.07, 6.45) is 1.80. The first-order chi connectivity index (χ1) is 12.8. The number of aromatic nitrogens is 1. The molecule has 3 rings (SSSR count). The topological polar surface area (TPSA) is 68.4 Å². The first-order valence-corrected chi connectivity index (χ1v) is 8.90. The lowest BCUT2D eigenvalue weighted by atomic mass is 10.1. The second kappa shape index (κ2) is 7.23. The number of fused-ring (bicyclic) bond motifs is 1. The largest absolute Gasteiger partial charge is 0.338 e. The van der Waals surface area contributed by atoms with E-state index in [1.165, 1.54) is 12.1 Å². The second-order valence-corrected chi connectivity index (χ2v) is 7.09. The lowest BCUT2D eigenvalue weighted by Crippen LogP contribution is -2.39. The minimum Gasteiger partial charge on any atom is -0.338 e. The average molecular weight is 365 g/mol. The molecule has 1 heterocycles. The number of aryl methyl sites for hydroxylation is 2. The van der Waals surface area contributed by atoms with Crippen LogP contribution in [0, 0.1) is 24.0 Å². The number of anilines is 1. The lowest BCUT2D eigenvalue weighted by molar-refractivity contribution is -0.384. The average Bonchev–Trinajstić information content (AvgIpc) is 3.00. The van der Waals surface area contributed by atoms with Gasteiger partial charge in [0.2, 0.25) is 5.91 Å². The Morgan fingerprint density at radius 1 is 1.15 bits per heavy atom. The van der Waals surface area contributed by atoms with Crippen molar-refractivity contribution in [3.8, 4) is 0 Å². The molecule has 1 amide bonds. The highest BCUT2D eigenvalue weighted by Gasteiger charge is 2.22. The molecule has 140 valence electrons. The molecule has 0 bridgehead atoms. The maximum atomic E-state index is 13.1. The van der Waals surface area contributed by atoms with Gasteiger partial charge >= 0.3 is 0 Å². The Bertz CT molecular complexity index is 1020. The maximum Gasteiger partial charge on any atom is 0.270 e. The summed E-state index contributed by atoms with van der Waals surface area (Å²) in [6, 6.07) is 12.6. The normalized spacial score (nSPS) is 11.1. The molecule has 0 saturated carbocycles. The van der Waals surface area contributed by atoms with E-state index in [4.69, 9.17) is 0 Å². The van der Waals surface area contributed by atoms with Crippen molar-refractivity contribution in [3.63, 3.8) is 0 Å². The molecule has 0 aliphatic rings. The number of nitro benzene ring substituents is 1. The van der Waals surface area contributed by atoms with Crippen LogP contribution in [0.25, 0.3) is 10.9 Å². The molecule has 2 aromatic carbocycles. The smallest absolute Gasteiger partial charge is 0.270 e. The highest BCUT2D eigenvalue weighted by Crippen LogP contribution is 2.26. The summed E-state index contributed by atoms with van der Waals surface area (Å²) in [5.41, 5.74) is 3.93. The van der Waals surface area contributed by atoms with E-state index in [0.29, 0.717) is 0 Å². The molecular formula is C21H23N3O3. The monoisotopic (exact) mass is 365 g/mol. The van der Waals surface area contributed by atoms with E-state index in [1.807, 2.05) is 55.4 Å². The minimum atomic E-state index is -0.414. The first kappa shape index (κ1) is 18.6. The third-order valence-electron chi connectivity index (χ3n) is 4.68. The number of hydrogen-bond donors (Lipinski definition) is 0. The number of nitro groups is 1. The molecule has 27 heavy (non-hydrogen) atoms. The van der Waals surface area contributed by atoms with Crippen LogP contribution in [0.3, 0.4) is 0 Å². The van der Waals surface area contributed by atoms with Crippen LogP contribution in [0.15, 0.2) is 48.7 Å². The van der Waals surface area contributed by atoms with Crippen molar-refractivity contribution in [2.45, 2.75) is 40.3 Å². The van der Waals surface area contributed by atoms with E-state index >= 15 is 0 Å². The van der Waals surface area contributed by atoms with Crippen molar-refractivity contribution < 1.29 is 9.72 Å². The van der Waals surface area contributed by atoms with Crippen LogP contribution in [-0.4, -0.2) is 21.4 Å². The zero-order valence-corrected chi connectivity index (χ0v) is 16.0. The molecule has 0 aliphatic carbocycles. The van der Waals surface area contributed by atoms with Gasteiger partial charge in [-0.05, 0) is 57.0 Å². The van der Waals surface area contributed by atoms with E-state index < -0.39 is 4.92 Å². The molecule has 6 heteroatoms. The van der Waals surface area contributed by atoms with Gasteiger partial charge in [0.25, 0.3) is 5.69 Å². The van der Waals surface area contributed by atoms with Crippen LogP contribution in [0.2, 0.25) is 0 Å². The van der Waals surface area contributed by atoms with E-state index in [-0.39, 0.29) is 24.2 Å². The lowest BCUT2D eigenvalue weighted by Gasteiger charge is -2.29. The quantitative estimate of drug-likeness (QED) is 0.490. The number of carbonyl (C=O) groups excluding carboxylic acids is 1. The Balaban J connectivity index is 1.94. The number of non-ortho nitro benzene ring substituents is 1. The zero-order valence-electron chi connectivity index (χ0n) is 16.0. The number of hydrogen-bond acceptors (Lipinski definition) is 3. The third-order valence-corrected chi connectivity index (χ3v) is 4.68. The fraction of sp³-hybridized carbons (Fsp3) is 0.286. The van der Waals surface area contributed by atoms with Crippen LogP contribution in [0.1, 0.15) is 25.0 Å². The number of amides is 1. The number of benzene rings is 2. The molecule has 0 fully saturated rings. The molecule has 0 atom stereocenters. The third kappa shape index (κ3) is 3.69. The van der Waals surface area contributed by atoms with Crippen LogP contribution >= 0.6 is 0 Å². The number of rotatable bonds is 5. The van der Waals surface area contributed by atoms with Crippen molar-refractivity contribution in [2.24, 2.45) is 0 Å². The van der Waals surface area contributed by atoms with E-state index in [0.717, 1.165) is 27.7 Å². The van der Waals surface area contributed by atoms with Crippen molar-refractivity contribution >= 4 is 28.2 Å². The van der Waals surface area contributed by atoms with Gasteiger partial charge in [-0.3, -0.25) is 14.9 Å². The van der Waals surface area contributed by atoms with Gasteiger partial charge in [-0.2, -0.15) is 0 Å². The standard InChI is InChI=1S/C21H23N3O3/c1-14(2)23(20-11-15(3)5-6-16(20)4)21(25)13-22-10-9-17-12-18(24(26)27)7-8-19(17)22/h5-12,14H,13H2,1-4H3. The minimum absolute atomic E-state index is 0.0147. The van der Waals surface area contributed by atoms with Gasteiger partial charge < -0.3 is 9.47 Å². The van der Waals surface area contributed by atoms with Crippen molar-refractivity contribution in [1.29, 1.82) is 0 Å². The number of nitrogens with zero attached hydrogens (tertiary/aromatic N) is 3. The van der Waals surface area contributed by atoms with Crippen molar-refractivity contribution in [2.75, 3.05) is 4.90 Å².